The van der Waals surface area contributed by atoms with Crippen LogP contribution in [0.2, 0.25) is 0 Å². The third-order valence-electron chi connectivity index (χ3n) is 3.46. The summed E-state index contributed by atoms with van der Waals surface area (Å²) in [5.41, 5.74) is 1.83. The van der Waals surface area contributed by atoms with E-state index in [1.165, 1.54) is 0 Å². The van der Waals surface area contributed by atoms with Crippen LogP contribution in [-0.2, 0) is 16.0 Å². The zero-order chi connectivity index (χ0) is 21.0. The first-order chi connectivity index (χ1) is 13.2. The van der Waals surface area contributed by atoms with Gasteiger partial charge in [0.25, 0.3) is 0 Å². The molecule has 0 aliphatic rings. The van der Waals surface area contributed by atoms with Gasteiger partial charge < -0.3 is 19.0 Å². The van der Waals surface area contributed by atoms with Gasteiger partial charge in [-0.3, -0.25) is 0 Å². The summed E-state index contributed by atoms with van der Waals surface area (Å²) >= 11 is 11.2. The lowest BCUT2D eigenvalue weighted by Crippen LogP contribution is -2.15. The highest BCUT2D eigenvalue weighted by Crippen LogP contribution is 2.29. The first kappa shape index (κ1) is 24.6. The molecule has 5 nitrogen and oxygen atoms in total. The van der Waals surface area contributed by atoms with Crippen molar-refractivity contribution >= 4 is 29.4 Å². The molecule has 0 aromatic heterocycles. The molecule has 7 heteroatoms. The van der Waals surface area contributed by atoms with Gasteiger partial charge in [0.1, 0.15) is 34.8 Å². The van der Waals surface area contributed by atoms with Crippen molar-refractivity contribution < 1.29 is 19.0 Å². The molecule has 1 aromatic rings. The number of oxime groups is 1. The molecule has 0 amide bonds. The van der Waals surface area contributed by atoms with Gasteiger partial charge in [-0.25, -0.2) is 0 Å². The molecule has 0 unspecified atom stereocenters. The number of halogens is 2. The van der Waals surface area contributed by atoms with Gasteiger partial charge in [0.05, 0.1) is 13.2 Å². The van der Waals surface area contributed by atoms with Crippen molar-refractivity contribution in [2.75, 3.05) is 26.4 Å². The Bertz CT molecular complexity index is 651. The minimum Gasteiger partial charge on any atom is -0.491 e. The molecule has 158 valence electrons. The summed E-state index contributed by atoms with van der Waals surface area (Å²) in [7, 11) is 0. The number of hydrogen-bond acceptors (Lipinski definition) is 5. The maximum atomic E-state index is 5.94. The molecule has 1 aromatic carbocycles. The fraction of sp³-hybridized carbons (Fsp3) is 0.571. The molecule has 1 rings (SSSR count). The Morgan fingerprint density at radius 1 is 1.11 bits per heavy atom. The molecule has 0 spiro atoms. The van der Waals surface area contributed by atoms with Gasteiger partial charge in [0.2, 0.25) is 0 Å². The van der Waals surface area contributed by atoms with Crippen LogP contribution >= 0.6 is 23.2 Å². The van der Waals surface area contributed by atoms with Crippen LogP contribution in [0.3, 0.4) is 0 Å². The molecule has 0 saturated heterocycles. The lowest BCUT2D eigenvalue weighted by atomic mass is 10.1. The summed E-state index contributed by atoms with van der Waals surface area (Å²) in [6.07, 6.45) is 4.86. The summed E-state index contributed by atoms with van der Waals surface area (Å²) < 4.78 is 17.4. The van der Waals surface area contributed by atoms with Gasteiger partial charge in [-0.1, -0.05) is 35.3 Å². The zero-order valence-corrected chi connectivity index (χ0v) is 18.9. The van der Waals surface area contributed by atoms with Gasteiger partial charge in [-0.2, -0.15) is 0 Å². The number of rotatable bonds is 12. The maximum absolute atomic E-state index is 5.94. The fourth-order valence-corrected chi connectivity index (χ4v) is 2.38. The average molecular weight is 432 g/mol. The minimum atomic E-state index is -0.269. The molecular weight excluding hydrogens is 401 g/mol. The fourth-order valence-electron chi connectivity index (χ4n) is 2.25. The van der Waals surface area contributed by atoms with Crippen LogP contribution in [0.4, 0.5) is 0 Å². The Hall–Kier alpha value is -1.43. The predicted molar refractivity (Wildman–Crippen MR) is 116 cm³/mol. The minimum absolute atomic E-state index is 0.195. The lowest BCUT2D eigenvalue weighted by molar-refractivity contribution is 0.00124. The largest absolute Gasteiger partial charge is 0.491 e. The maximum Gasteiger partial charge on any atom is 0.129 e. The summed E-state index contributed by atoms with van der Waals surface area (Å²) in [5, 5.41) is 3.92. The van der Waals surface area contributed by atoms with E-state index in [-0.39, 0.29) is 10.1 Å². The number of benzene rings is 1. The van der Waals surface area contributed by atoms with Crippen LogP contribution in [0, 0.1) is 6.92 Å². The Morgan fingerprint density at radius 2 is 1.86 bits per heavy atom. The Morgan fingerprint density at radius 3 is 2.50 bits per heavy atom. The Balaban J connectivity index is 2.40. The van der Waals surface area contributed by atoms with E-state index in [1.54, 1.807) is 12.3 Å². The van der Waals surface area contributed by atoms with Gasteiger partial charge >= 0.3 is 0 Å². The molecular formula is C21H31Cl2NO4. The third-order valence-corrected chi connectivity index (χ3v) is 3.77. The first-order valence-electron chi connectivity index (χ1n) is 9.41. The van der Waals surface area contributed by atoms with Gasteiger partial charge in [0.15, 0.2) is 0 Å². The highest BCUT2D eigenvalue weighted by molar-refractivity contribution is 6.55. The molecule has 0 N–H and O–H groups in total. The predicted octanol–water partition coefficient (Wildman–Crippen LogP) is 5.84. The van der Waals surface area contributed by atoms with E-state index in [1.807, 2.05) is 39.8 Å². The van der Waals surface area contributed by atoms with Crippen LogP contribution in [0.15, 0.2) is 27.9 Å². The highest BCUT2D eigenvalue weighted by atomic mass is 35.5. The van der Waals surface area contributed by atoms with Crippen molar-refractivity contribution in [1.82, 2.24) is 0 Å². The molecule has 28 heavy (non-hydrogen) atoms. The van der Waals surface area contributed by atoms with Crippen molar-refractivity contribution in [1.29, 1.82) is 0 Å². The summed E-state index contributed by atoms with van der Waals surface area (Å²) in [4.78, 5) is 5.26. The van der Waals surface area contributed by atoms with Crippen molar-refractivity contribution in [3.8, 4) is 11.5 Å². The number of nitrogens with zero attached hydrogens (tertiary/aromatic N) is 1. The van der Waals surface area contributed by atoms with Crippen molar-refractivity contribution in [2.45, 2.75) is 53.1 Å². The SMILES string of the molecule is CCc1cc(OCC=C(Cl)Cl)cc(C)c1OCCOCC/C=N/OC(C)(C)C. The average Bonchev–Trinajstić information content (AvgIpc) is 2.60. The molecule has 0 aliphatic carbocycles. The smallest absolute Gasteiger partial charge is 0.129 e. The summed E-state index contributed by atoms with van der Waals surface area (Å²) in [6, 6.07) is 3.92. The molecule has 0 bridgehead atoms. The number of aryl methyl sites for hydroxylation is 2. The van der Waals surface area contributed by atoms with E-state index in [0.29, 0.717) is 32.8 Å². The van der Waals surface area contributed by atoms with E-state index < -0.39 is 0 Å². The molecule has 0 aliphatic heterocycles. The molecule has 0 atom stereocenters. The standard InChI is InChI=1S/C21H31Cl2NO4/c1-6-17-15-18(26-11-8-19(22)23)14-16(2)20(17)27-13-12-25-10-7-9-24-28-21(3,4)5/h8-9,14-15H,6-7,10-13H2,1-5H3/b24-9+. The van der Waals surface area contributed by atoms with Crippen LogP contribution in [0.1, 0.15) is 45.2 Å². The molecule has 0 heterocycles. The topological polar surface area (TPSA) is 49.3 Å². The van der Waals surface area contributed by atoms with Crippen molar-refractivity contribution in [2.24, 2.45) is 5.16 Å². The number of ether oxygens (including phenoxy) is 3. The molecule has 0 fully saturated rings. The van der Waals surface area contributed by atoms with Gasteiger partial charge in [-0.15, -0.1) is 0 Å². The second-order valence-electron chi connectivity index (χ2n) is 7.13. The van der Waals surface area contributed by atoms with Gasteiger partial charge in [0, 0.05) is 12.6 Å². The second kappa shape index (κ2) is 12.9. The van der Waals surface area contributed by atoms with E-state index in [0.717, 1.165) is 29.0 Å². The third kappa shape index (κ3) is 10.8. The van der Waals surface area contributed by atoms with E-state index in [4.69, 9.17) is 42.3 Å². The Labute approximate surface area is 178 Å². The quantitative estimate of drug-likeness (QED) is 0.237. The first-order valence-corrected chi connectivity index (χ1v) is 10.2. The lowest BCUT2D eigenvalue weighted by Gasteiger charge is -2.16. The summed E-state index contributed by atoms with van der Waals surface area (Å²) in [6.45, 7) is 11.8. The monoisotopic (exact) mass is 431 g/mol. The molecule has 0 saturated carbocycles. The second-order valence-corrected chi connectivity index (χ2v) is 8.14. The van der Waals surface area contributed by atoms with E-state index in [9.17, 15) is 0 Å². The van der Waals surface area contributed by atoms with Crippen molar-refractivity contribution in [3.05, 3.63) is 33.8 Å². The normalized spacial score (nSPS) is 11.5. The zero-order valence-electron chi connectivity index (χ0n) is 17.4. The summed E-state index contributed by atoms with van der Waals surface area (Å²) in [5.74, 6) is 1.64. The van der Waals surface area contributed by atoms with Gasteiger partial charge in [-0.05, 0) is 63.5 Å². The van der Waals surface area contributed by atoms with Crippen molar-refractivity contribution in [3.63, 3.8) is 0 Å². The van der Waals surface area contributed by atoms with Crippen LogP contribution in [0.25, 0.3) is 0 Å². The van der Waals surface area contributed by atoms with Crippen LogP contribution in [0.5, 0.6) is 11.5 Å². The van der Waals surface area contributed by atoms with E-state index >= 15 is 0 Å². The Kier molecular flexibility index (Phi) is 11.4. The highest BCUT2D eigenvalue weighted by Gasteiger charge is 2.10. The molecule has 0 radical (unpaired) electrons. The van der Waals surface area contributed by atoms with E-state index in [2.05, 4.69) is 12.1 Å². The van der Waals surface area contributed by atoms with Crippen LogP contribution in [-0.4, -0.2) is 38.2 Å². The number of hydrogen-bond donors (Lipinski definition) is 0. The van der Waals surface area contributed by atoms with Crippen LogP contribution < -0.4 is 9.47 Å².